The lowest BCUT2D eigenvalue weighted by atomic mass is 10.2. The number of carbonyl (C=O) groups is 1. The van der Waals surface area contributed by atoms with Crippen LogP contribution in [0.4, 0.5) is 0 Å². The van der Waals surface area contributed by atoms with Gasteiger partial charge in [-0.2, -0.15) is 0 Å². The molecule has 128 valence electrons. The molecule has 0 aromatic heterocycles. The lowest BCUT2D eigenvalue weighted by Gasteiger charge is -2.27. The highest BCUT2D eigenvalue weighted by atomic mass is 16.5. The number of nitrogens with zero attached hydrogens (tertiary/aromatic N) is 1. The Bertz CT molecular complexity index is 502. The zero-order valence-corrected chi connectivity index (χ0v) is 14.1. The average molecular weight is 321 g/mol. The van der Waals surface area contributed by atoms with Crippen LogP contribution < -0.4 is 20.1 Å². The van der Waals surface area contributed by atoms with Crippen molar-refractivity contribution in [3.8, 4) is 11.5 Å². The highest BCUT2D eigenvalue weighted by molar-refractivity contribution is 5.94. The number of hydrogen-bond donors (Lipinski definition) is 2. The fourth-order valence-electron chi connectivity index (χ4n) is 2.56. The summed E-state index contributed by atoms with van der Waals surface area (Å²) in [5.74, 6) is 1.21. The first-order valence-corrected chi connectivity index (χ1v) is 8.35. The second kappa shape index (κ2) is 9.37. The molecule has 2 rings (SSSR count). The van der Waals surface area contributed by atoms with E-state index in [4.69, 9.17) is 9.47 Å². The van der Waals surface area contributed by atoms with Crippen molar-refractivity contribution in [2.24, 2.45) is 0 Å². The standard InChI is InChI=1S/C17H27N3O3/c1-3-22-15-6-5-14(13-16(15)23-4-2)17(21)19-9-12-20-10-7-18-8-11-20/h5-6,13,18H,3-4,7-12H2,1-2H3,(H,19,21). The summed E-state index contributed by atoms with van der Waals surface area (Å²) in [6.45, 7) is 10.6. The molecule has 1 aromatic carbocycles. The van der Waals surface area contributed by atoms with E-state index in [-0.39, 0.29) is 5.91 Å². The number of rotatable bonds is 8. The maximum atomic E-state index is 12.3. The van der Waals surface area contributed by atoms with Crippen LogP contribution in [0.15, 0.2) is 18.2 Å². The van der Waals surface area contributed by atoms with Gasteiger partial charge in [0.25, 0.3) is 5.91 Å². The van der Waals surface area contributed by atoms with Crippen LogP contribution >= 0.6 is 0 Å². The first kappa shape index (κ1) is 17.6. The van der Waals surface area contributed by atoms with Gasteiger partial charge in [0.05, 0.1) is 13.2 Å². The number of nitrogens with one attached hydrogen (secondary N) is 2. The van der Waals surface area contributed by atoms with Crippen LogP contribution in [-0.2, 0) is 0 Å². The SMILES string of the molecule is CCOc1ccc(C(=O)NCCN2CCNCC2)cc1OCC. The number of piperazine rings is 1. The van der Waals surface area contributed by atoms with Gasteiger partial charge in [-0.3, -0.25) is 9.69 Å². The molecule has 2 N–H and O–H groups in total. The first-order valence-electron chi connectivity index (χ1n) is 8.35. The molecular weight excluding hydrogens is 294 g/mol. The van der Waals surface area contributed by atoms with Crippen LogP contribution in [0.5, 0.6) is 11.5 Å². The van der Waals surface area contributed by atoms with Crippen molar-refractivity contribution in [1.82, 2.24) is 15.5 Å². The molecule has 0 saturated carbocycles. The quantitative estimate of drug-likeness (QED) is 0.751. The molecule has 1 heterocycles. The minimum absolute atomic E-state index is 0.0795. The lowest BCUT2D eigenvalue weighted by Crippen LogP contribution is -2.46. The molecule has 1 fully saturated rings. The summed E-state index contributed by atoms with van der Waals surface area (Å²) >= 11 is 0. The maximum absolute atomic E-state index is 12.3. The molecule has 0 atom stereocenters. The summed E-state index contributed by atoms with van der Waals surface area (Å²) in [7, 11) is 0. The summed E-state index contributed by atoms with van der Waals surface area (Å²) in [4.78, 5) is 14.6. The number of carbonyl (C=O) groups excluding carboxylic acids is 1. The summed E-state index contributed by atoms with van der Waals surface area (Å²) in [6, 6.07) is 5.31. The largest absolute Gasteiger partial charge is 0.490 e. The number of benzene rings is 1. The molecule has 1 aliphatic rings. The zero-order valence-electron chi connectivity index (χ0n) is 14.1. The fraction of sp³-hybridized carbons (Fsp3) is 0.588. The van der Waals surface area contributed by atoms with Crippen LogP contribution in [-0.4, -0.2) is 63.3 Å². The molecule has 0 unspecified atom stereocenters. The van der Waals surface area contributed by atoms with Crippen molar-refractivity contribution < 1.29 is 14.3 Å². The van der Waals surface area contributed by atoms with E-state index in [9.17, 15) is 4.79 Å². The van der Waals surface area contributed by atoms with Crippen molar-refractivity contribution >= 4 is 5.91 Å². The Morgan fingerprint density at radius 1 is 1.17 bits per heavy atom. The smallest absolute Gasteiger partial charge is 0.251 e. The monoisotopic (exact) mass is 321 g/mol. The third kappa shape index (κ3) is 5.41. The number of amides is 1. The van der Waals surface area contributed by atoms with E-state index in [1.807, 2.05) is 13.8 Å². The van der Waals surface area contributed by atoms with Crippen molar-refractivity contribution in [2.75, 3.05) is 52.5 Å². The molecule has 0 spiro atoms. The normalized spacial score (nSPS) is 15.2. The molecule has 6 nitrogen and oxygen atoms in total. The Balaban J connectivity index is 1.88. The van der Waals surface area contributed by atoms with Crippen LogP contribution in [0, 0.1) is 0 Å². The lowest BCUT2D eigenvalue weighted by molar-refractivity contribution is 0.0946. The maximum Gasteiger partial charge on any atom is 0.251 e. The molecule has 6 heteroatoms. The predicted octanol–water partition coefficient (Wildman–Crippen LogP) is 1.12. The van der Waals surface area contributed by atoms with Crippen molar-refractivity contribution in [1.29, 1.82) is 0 Å². The van der Waals surface area contributed by atoms with Gasteiger partial charge in [-0.15, -0.1) is 0 Å². The van der Waals surface area contributed by atoms with E-state index in [1.165, 1.54) is 0 Å². The highest BCUT2D eigenvalue weighted by Crippen LogP contribution is 2.28. The Hall–Kier alpha value is -1.79. The summed E-state index contributed by atoms with van der Waals surface area (Å²) in [5, 5.41) is 6.29. The molecule has 1 amide bonds. The molecule has 1 aromatic rings. The van der Waals surface area contributed by atoms with E-state index in [2.05, 4.69) is 15.5 Å². The van der Waals surface area contributed by atoms with Crippen LogP contribution in [0.2, 0.25) is 0 Å². The van der Waals surface area contributed by atoms with Gasteiger partial charge < -0.3 is 20.1 Å². The van der Waals surface area contributed by atoms with Gasteiger partial charge in [-0.1, -0.05) is 0 Å². The molecule has 0 radical (unpaired) electrons. The van der Waals surface area contributed by atoms with Gasteiger partial charge in [0.2, 0.25) is 0 Å². The Kier molecular flexibility index (Phi) is 7.16. The number of ether oxygens (including phenoxy) is 2. The van der Waals surface area contributed by atoms with Gasteiger partial charge in [0, 0.05) is 44.8 Å². The fourth-order valence-corrected chi connectivity index (χ4v) is 2.56. The molecule has 0 bridgehead atoms. The van der Waals surface area contributed by atoms with Gasteiger partial charge in [-0.25, -0.2) is 0 Å². The molecule has 1 aliphatic heterocycles. The summed E-state index contributed by atoms with van der Waals surface area (Å²) in [6.07, 6.45) is 0. The van der Waals surface area contributed by atoms with E-state index in [1.54, 1.807) is 18.2 Å². The minimum atomic E-state index is -0.0795. The Morgan fingerprint density at radius 3 is 2.57 bits per heavy atom. The first-order chi connectivity index (χ1) is 11.2. The van der Waals surface area contributed by atoms with Crippen LogP contribution in [0.25, 0.3) is 0 Å². The Labute approximate surface area is 138 Å². The van der Waals surface area contributed by atoms with Crippen molar-refractivity contribution in [2.45, 2.75) is 13.8 Å². The predicted molar refractivity (Wildman–Crippen MR) is 90.4 cm³/mol. The van der Waals surface area contributed by atoms with Crippen LogP contribution in [0.1, 0.15) is 24.2 Å². The van der Waals surface area contributed by atoms with Crippen molar-refractivity contribution in [3.05, 3.63) is 23.8 Å². The van der Waals surface area contributed by atoms with E-state index in [0.717, 1.165) is 32.7 Å². The summed E-state index contributed by atoms with van der Waals surface area (Å²) < 4.78 is 11.1. The van der Waals surface area contributed by atoms with E-state index < -0.39 is 0 Å². The third-order valence-corrected chi connectivity index (χ3v) is 3.73. The number of hydrogen-bond acceptors (Lipinski definition) is 5. The van der Waals surface area contributed by atoms with E-state index >= 15 is 0 Å². The highest BCUT2D eigenvalue weighted by Gasteiger charge is 2.13. The van der Waals surface area contributed by atoms with Gasteiger partial charge in [0.15, 0.2) is 11.5 Å². The minimum Gasteiger partial charge on any atom is -0.490 e. The van der Waals surface area contributed by atoms with Crippen LogP contribution in [0.3, 0.4) is 0 Å². The Morgan fingerprint density at radius 2 is 1.87 bits per heavy atom. The zero-order chi connectivity index (χ0) is 16.5. The average Bonchev–Trinajstić information content (AvgIpc) is 2.58. The van der Waals surface area contributed by atoms with Gasteiger partial charge in [-0.05, 0) is 32.0 Å². The second-order valence-electron chi connectivity index (χ2n) is 5.38. The van der Waals surface area contributed by atoms with Crippen molar-refractivity contribution in [3.63, 3.8) is 0 Å². The summed E-state index contributed by atoms with van der Waals surface area (Å²) in [5.41, 5.74) is 0.595. The molecule has 1 saturated heterocycles. The second-order valence-corrected chi connectivity index (χ2v) is 5.38. The molecule has 23 heavy (non-hydrogen) atoms. The third-order valence-electron chi connectivity index (χ3n) is 3.73. The van der Waals surface area contributed by atoms with Gasteiger partial charge >= 0.3 is 0 Å². The van der Waals surface area contributed by atoms with E-state index in [0.29, 0.717) is 36.8 Å². The molecule has 0 aliphatic carbocycles. The molecular formula is C17H27N3O3. The van der Waals surface area contributed by atoms with Gasteiger partial charge in [0.1, 0.15) is 0 Å². The topological polar surface area (TPSA) is 62.8 Å².